The summed E-state index contributed by atoms with van der Waals surface area (Å²) in [6.07, 6.45) is 5.23. The molecule has 7 heteroatoms. The van der Waals surface area contributed by atoms with Crippen LogP contribution in [-0.2, 0) is 14.3 Å². The molecule has 0 radical (unpaired) electrons. The lowest BCUT2D eigenvalue weighted by molar-refractivity contribution is -0.124. The molecule has 35 heavy (non-hydrogen) atoms. The fourth-order valence-electron chi connectivity index (χ4n) is 6.15. The first kappa shape index (κ1) is 21.8. The van der Waals surface area contributed by atoms with Gasteiger partial charge in [0.25, 0.3) is 5.91 Å². The largest absolute Gasteiger partial charge is 0.459 e. The van der Waals surface area contributed by atoms with E-state index in [2.05, 4.69) is 17.5 Å². The van der Waals surface area contributed by atoms with Gasteiger partial charge in [0.05, 0.1) is 29.2 Å². The second kappa shape index (κ2) is 7.90. The number of benzene rings is 2. The van der Waals surface area contributed by atoms with Gasteiger partial charge in [0.2, 0.25) is 11.8 Å². The number of nitrogens with one attached hydrogen (secondary N) is 1. The van der Waals surface area contributed by atoms with Crippen molar-refractivity contribution >= 4 is 35.1 Å². The second-order valence-electron chi connectivity index (χ2n) is 10.2. The van der Waals surface area contributed by atoms with Gasteiger partial charge in [-0.05, 0) is 92.5 Å². The number of imide groups is 1. The van der Waals surface area contributed by atoms with Crippen LogP contribution < -0.4 is 10.2 Å². The lowest BCUT2D eigenvalue weighted by Crippen LogP contribution is -2.40. The molecular formula is C28H26N2O5. The average molecular weight is 471 g/mol. The van der Waals surface area contributed by atoms with Gasteiger partial charge in [-0.25, -0.2) is 4.79 Å². The molecule has 0 aromatic heterocycles. The van der Waals surface area contributed by atoms with Crippen molar-refractivity contribution in [2.24, 2.45) is 35.5 Å². The molecule has 2 saturated carbocycles. The molecule has 1 heterocycles. The van der Waals surface area contributed by atoms with Crippen molar-refractivity contribution in [1.82, 2.24) is 0 Å². The number of carbonyl (C=O) groups is 4. The number of rotatable bonds is 5. The molecule has 1 aliphatic heterocycles. The van der Waals surface area contributed by atoms with Gasteiger partial charge < -0.3 is 10.1 Å². The van der Waals surface area contributed by atoms with E-state index in [0.717, 1.165) is 6.42 Å². The van der Waals surface area contributed by atoms with Crippen molar-refractivity contribution in [3.8, 4) is 0 Å². The Morgan fingerprint density at radius 2 is 1.40 bits per heavy atom. The summed E-state index contributed by atoms with van der Waals surface area (Å²) < 4.78 is 5.17. The standard InChI is InChI=1S/C28H26N2O5/c1-14(2)35-28(34)16-3-7-17(8-4-16)29-25(31)15-5-9-18(10-6-15)30-26(32)23-19-11-12-20(22-13-21(19)22)24(23)27(30)33/h3-12,14,19-24H,13H2,1-2H3,(H,29,31)/t19-,20+,21-,22-,23+,24-/m1/s1. The predicted molar refractivity (Wildman–Crippen MR) is 129 cm³/mol. The van der Waals surface area contributed by atoms with Gasteiger partial charge in [-0.2, -0.15) is 0 Å². The maximum absolute atomic E-state index is 13.3. The van der Waals surface area contributed by atoms with Gasteiger partial charge >= 0.3 is 5.97 Å². The minimum absolute atomic E-state index is 0.113. The van der Waals surface area contributed by atoms with Crippen LogP contribution in [0.3, 0.4) is 0 Å². The molecule has 3 fully saturated rings. The summed E-state index contributed by atoms with van der Waals surface area (Å²) in [5.41, 5.74) is 1.85. The SMILES string of the molecule is CC(C)OC(=O)c1ccc(NC(=O)c2ccc(N3C(=O)[C@@H]4[C@H]5C=C[C@H]([C@H]6C[C@H]56)[C@@H]4C3=O)cc2)cc1. The van der Waals surface area contributed by atoms with Gasteiger partial charge in [-0.3, -0.25) is 19.3 Å². The van der Waals surface area contributed by atoms with E-state index in [9.17, 15) is 19.2 Å². The molecule has 0 unspecified atom stereocenters. The molecule has 7 nitrogen and oxygen atoms in total. The normalized spacial score (nSPS) is 29.7. The molecule has 2 aromatic carbocycles. The fourth-order valence-corrected chi connectivity index (χ4v) is 6.15. The Bertz CT molecular complexity index is 1230. The monoisotopic (exact) mass is 470 g/mol. The molecule has 178 valence electrons. The van der Waals surface area contributed by atoms with Gasteiger partial charge in [-0.15, -0.1) is 0 Å². The molecule has 7 rings (SSSR count). The van der Waals surface area contributed by atoms with Crippen LogP contribution in [0.1, 0.15) is 41.0 Å². The van der Waals surface area contributed by atoms with Crippen LogP contribution in [0.5, 0.6) is 0 Å². The molecule has 5 aliphatic rings. The molecule has 1 N–H and O–H groups in total. The molecule has 2 bridgehead atoms. The van der Waals surface area contributed by atoms with E-state index < -0.39 is 5.97 Å². The third kappa shape index (κ3) is 3.49. The van der Waals surface area contributed by atoms with Gasteiger partial charge in [0.1, 0.15) is 0 Å². The smallest absolute Gasteiger partial charge is 0.338 e. The molecule has 3 amide bonds. The number of ether oxygens (including phenoxy) is 1. The van der Waals surface area contributed by atoms with E-state index in [1.807, 2.05) is 0 Å². The average Bonchev–Trinajstić information content (AvgIpc) is 3.62. The summed E-state index contributed by atoms with van der Waals surface area (Å²) in [4.78, 5) is 52.5. The summed E-state index contributed by atoms with van der Waals surface area (Å²) in [6.45, 7) is 3.56. The van der Waals surface area contributed by atoms with Crippen molar-refractivity contribution in [1.29, 1.82) is 0 Å². The topological polar surface area (TPSA) is 92.8 Å². The number of carbonyl (C=O) groups excluding carboxylic acids is 4. The van der Waals surface area contributed by atoms with Gasteiger partial charge in [-0.1, -0.05) is 12.2 Å². The highest BCUT2D eigenvalue weighted by Gasteiger charge is 2.67. The first-order valence-electron chi connectivity index (χ1n) is 12.1. The zero-order valence-electron chi connectivity index (χ0n) is 19.5. The van der Waals surface area contributed by atoms with Crippen LogP contribution in [0.2, 0.25) is 0 Å². The summed E-state index contributed by atoms with van der Waals surface area (Å²) in [5, 5.41) is 2.80. The van der Waals surface area contributed by atoms with Crippen molar-refractivity contribution in [2.75, 3.05) is 10.2 Å². The van der Waals surface area contributed by atoms with Crippen LogP contribution in [0.4, 0.5) is 11.4 Å². The Balaban J connectivity index is 1.14. The molecule has 6 atom stereocenters. The Labute approximate surface area is 203 Å². The first-order chi connectivity index (χ1) is 16.8. The molecular weight excluding hydrogens is 444 g/mol. The number of anilines is 2. The van der Waals surface area contributed by atoms with Crippen molar-refractivity contribution in [3.05, 3.63) is 71.8 Å². The minimum Gasteiger partial charge on any atom is -0.459 e. The maximum atomic E-state index is 13.3. The predicted octanol–water partition coefficient (Wildman–Crippen LogP) is 4.06. The number of amides is 3. The van der Waals surface area contributed by atoms with Crippen LogP contribution in [-0.4, -0.2) is 29.8 Å². The van der Waals surface area contributed by atoms with E-state index >= 15 is 0 Å². The number of nitrogens with zero attached hydrogens (tertiary/aromatic N) is 1. The van der Waals surface area contributed by atoms with E-state index in [0.29, 0.717) is 34.3 Å². The van der Waals surface area contributed by atoms with Crippen molar-refractivity contribution in [2.45, 2.75) is 26.4 Å². The van der Waals surface area contributed by atoms with E-state index in [1.54, 1.807) is 62.4 Å². The highest BCUT2D eigenvalue weighted by atomic mass is 16.5. The number of allylic oxidation sites excluding steroid dienone is 2. The number of hydrogen-bond donors (Lipinski definition) is 1. The zero-order chi connectivity index (χ0) is 24.4. The van der Waals surface area contributed by atoms with Crippen LogP contribution in [0.15, 0.2) is 60.7 Å². The fraction of sp³-hybridized carbons (Fsp3) is 0.357. The summed E-state index contributed by atoms with van der Waals surface area (Å²) in [6, 6.07) is 13.0. The van der Waals surface area contributed by atoms with Crippen molar-refractivity contribution < 1.29 is 23.9 Å². The highest BCUT2D eigenvalue weighted by Crippen LogP contribution is 2.65. The molecule has 2 aromatic rings. The Kier molecular flexibility index (Phi) is 4.91. The van der Waals surface area contributed by atoms with Crippen molar-refractivity contribution in [3.63, 3.8) is 0 Å². The summed E-state index contributed by atoms with van der Waals surface area (Å²) >= 11 is 0. The minimum atomic E-state index is -0.417. The van der Waals surface area contributed by atoms with E-state index in [1.165, 1.54) is 4.90 Å². The molecule has 4 aliphatic carbocycles. The Morgan fingerprint density at radius 1 is 0.857 bits per heavy atom. The maximum Gasteiger partial charge on any atom is 0.338 e. The second-order valence-corrected chi connectivity index (χ2v) is 10.2. The molecule has 0 spiro atoms. The van der Waals surface area contributed by atoms with Gasteiger partial charge in [0, 0.05) is 11.3 Å². The third-order valence-corrected chi connectivity index (χ3v) is 7.77. The first-order valence-corrected chi connectivity index (χ1v) is 12.1. The van der Waals surface area contributed by atoms with Crippen LogP contribution >= 0.6 is 0 Å². The zero-order valence-corrected chi connectivity index (χ0v) is 19.5. The number of esters is 1. The highest BCUT2D eigenvalue weighted by molar-refractivity contribution is 6.22. The molecule has 1 saturated heterocycles. The number of hydrogen-bond acceptors (Lipinski definition) is 5. The van der Waals surface area contributed by atoms with E-state index in [4.69, 9.17) is 4.74 Å². The summed E-state index contributed by atoms with van der Waals surface area (Å²) in [5.74, 6) is 0.0170. The van der Waals surface area contributed by atoms with Gasteiger partial charge in [0.15, 0.2) is 0 Å². The Morgan fingerprint density at radius 3 is 1.94 bits per heavy atom. The van der Waals surface area contributed by atoms with Crippen LogP contribution in [0, 0.1) is 35.5 Å². The third-order valence-electron chi connectivity index (χ3n) is 7.77. The van der Waals surface area contributed by atoms with Crippen LogP contribution in [0.25, 0.3) is 0 Å². The lowest BCUT2D eigenvalue weighted by atomic mass is 9.63. The summed E-state index contributed by atoms with van der Waals surface area (Å²) in [7, 11) is 0. The Hall–Kier alpha value is -3.74. The lowest BCUT2D eigenvalue weighted by Gasteiger charge is -2.37. The quantitative estimate of drug-likeness (QED) is 0.404. The van der Waals surface area contributed by atoms with E-state index in [-0.39, 0.29) is 47.5 Å².